The minimum absolute atomic E-state index is 0.0303. The Hall–Kier alpha value is -4.34. The van der Waals surface area contributed by atoms with Gasteiger partial charge in [0.15, 0.2) is 12.4 Å². The first-order chi connectivity index (χ1) is 16.3. The van der Waals surface area contributed by atoms with E-state index in [9.17, 15) is 9.59 Å². The van der Waals surface area contributed by atoms with E-state index in [4.69, 9.17) is 14.1 Å². The molecule has 0 amide bonds. The van der Waals surface area contributed by atoms with Crippen LogP contribution >= 0.6 is 0 Å². The van der Waals surface area contributed by atoms with Gasteiger partial charge in [0, 0.05) is 11.6 Å². The van der Waals surface area contributed by atoms with Crippen LogP contribution in [-0.2, 0) is 11.5 Å². The number of hydrogen-bond acceptors (Lipinski definition) is 8. The van der Waals surface area contributed by atoms with Gasteiger partial charge < -0.3 is 9.15 Å². The van der Waals surface area contributed by atoms with Crippen molar-refractivity contribution < 1.29 is 13.9 Å². The Labute approximate surface area is 193 Å². The topological polar surface area (TPSA) is 118 Å². The Morgan fingerprint density at radius 2 is 1.94 bits per heavy atom. The highest BCUT2D eigenvalue weighted by atomic mass is 16.5. The van der Waals surface area contributed by atoms with E-state index in [2.05, 4.69) is 15.4 Å². The number of benzene rings is 1. The molecule has 0 saturated carbocycles. The van der Waals surface area contributed by atoms with E-state index < -0.39 is 11.5 Å². The van der Waals surface area contributed by atoms with E-state index in [1.165, 1.54) is 0 Å². The molecule has 0 atom stereocenters. The van der Waals surface area contributed by atoms with Crippen LogP contribution in [0, 0.1) is 13.8 Å². The van der Waals surface area contributed by atoms with Gasteiger partial charge in [-0.05, 0) is 52.0 Å². The Morgan fingerprint density at radius 3 is 2.68 bits per heavy atom. The van der Waals surface area contributed by atoms with Crippen LogP contribution in [0.1, 0.15) is 41.8 Å². The van der Waals surface area contributed by atoms with Gasteiger partial charge in [0.2, 0.25) is 0 Å². The normalized spacial score (nSPS) is 11.6. The third kappa shape index (κ3) is 3.62. The number of pyridine rings is 1. The van der Waals surface area contributed by atoms with Crippen molar-refractivity contribution in [3.63, 3.8) is 0 Å². The molecular weight excluding hydrogens is 436 g/mol. The largest absolute Gasteiger partial charge is 0.466 e. The van der Waals surface area contributed by atoms with Crippen LogP contribution in [0.2, 0.25) is 0 Å². The molecule has 0 aliphatic heterocycles. The third-order valence-corrected chi connectivity index (χ3v) is 5.54. The summed E-state index contributed by atoms with van der Waals surface area (Å²) in [6.07, 6.45) is 1.60. The highest BCUT2D eigenvalue weighted by Gasteiger charge is 2.21. The zero-order valence-corrected chi connectivity index (χ0v) is 19.1. The lowest BCUT2D eigenvalue weighted by molar-refractivity contribution is 0.0338. The van der Waals surface area contributed by atoms with E-state index in [1.54, 1.807) is 41.2 Å². The van der Waals surface area contributed by atoms with Crippen molar-refractivity contribution >= 4 is 27.9 Å². The molecule has 172 valence electrons. The SMILES string of the molecule is Cc1cc(-c2cc(C(=O)OCn3nnc4ccccc4c3=O)c3cnn(C(C)C)c3n2)c(C)o1. The summed E-state index contributed by atoms with van der Waals surface area (Å²) < 4.78 is 13.9. The van der Waals surface area contributed by atoms with E-state index in [0.717, 1.165) is 16.0 Å². The molecule has 10 nitrogen and oxygen atoms in total. The number of hydrogen-bond donors (Lipinski definition) is 0. The van der Waals surface area contributed by atoms with Crippen LogP contribution in [0.3, 0.4) is 0 Å². The number of esters is 1. The molecule has 0 aliphatic carbocycles. The maximum absolute atomic E-state index is 13.2. The summed E-state index contributed by atoms with van der Waals surface area (Å²) in [5.41, 5.74) is 2.27. The molecule has 4 heterocycles. The zero-order chi connectivity index (χ0) is 24.0. The second kappa shape index (κ2) is 8.22. The van der Waals surface area contributed by atoms with E-state index in [1.807, 2.05) is 33.8 Å². The van der Waals surface area contributed by atoms with Crippen molar-refractivity contribution in [1.82, 2.24) is 29.8 Å². The fourth-order valence-electron chi connectivity index (χ4n) is 3.89. The van der Waals surface area contributed by atoms with Crippen molar-refractivity contribution in [3.8, 4) is 11.3 Å². The smallest absolute Gasteiger partial charge is 0.340 e. The average Bonchev–Trinajstić information content (AvgIpc) is 3.40. The highest BCUT2D eigenvalue weighted by molar-refractivity contribution is 6.03. The van der Waals surface area contributed by atoms with Gasteiger partial charge in [0.25, 0.3) is 5.56 Å². The van der Waals surface area contributed by atoms with Crippen LogP contribution in [0.15, 0.2) is 51.8 Å². The predicted molar refractivity (Wildman–Crippen MR) is 124 cm³/mol. The molecule has 0 radical (unpaired) electrons. The van der Waals surface area contributed by atoms with Crippen LogP contribution in [0.25, 0.3) is 33.2 Å². The molecule has 5 aromatic rings. The van der Waals surface area contributed by atoms with Crippen molar-refractivity contribution in [2.75, 3.05) is 0 Å². The molecule has 1 aromatic carbocycles. The molecule has 34 heavy (non-hydrogen) atoms. The standard InChI is InChI=1S/C24H22N6O4/c1-13(2)30-22-19(11-25-30)18(10-21(26-22)17-9-14(3)34-15(17)4)24(32)33-12-29-23(31)16-7-5-6-8-20(16)27-28-29/h5-11,13H,12H2,1-4H3. The third-order valence-electron chi connectivity index (χ3n) is 5.54. The predicted octanol–water partition coefficient (Wildman–Crippen LogP) is 3.81. The molecule has 4 aromatic heterocycles. The number of carbonyl (C=O) groups is 1. The van der Waals surface area contributed by atoms with E-state index >= 15 is 0 Å². The first kappa shape index (κ1) is 21.5. The van der Waals surface area contributed by atoms with Crippen LogP contribution < -0.4 is 5.56 Å². The minimum atomic E-state index is -0.628. The van der Waals surface area contributed by atoms with Gasteiger partial charge in [0.1, 0.15) is 17.0 Å². The number of rotatable bonds is 5. The Balaban J connectivity index is 1.55. The first-order valence-electron chi connectivity index (χ1n) is 10.8. The summed E-state index contributed by atoms with van der Waals surface area (Å²) in [7, 11) is 0. The van der Waals surface area contributed by atoms with Gasteiger partial charge in [-0.2, -0.15) is 9.78 Å². The maximum atomic E-state index is 13.2. The zero-order valence-electron chi connectivity index (χ0n) is 19.1. The fourth-order valence-corrected chi connectivity index (χ4v) is 3.89. The first-order valence-corrected chi connectivity index (χ1v) is 10.8. The number of aromatic nitrogens is 6. The highest BCUT2D eigenvalue weighted by Crippen LogP contribution is 2.30. The average molecular weight is 458 g/mol. The summed E-state index contributed by atoms with van der Waals surface area (Å²) in [6.45, 7) is 7.28. The summed E-state index contributed by atoms with van der Waals surface area (Å²) in [5.74, 6) is 0.805. The van der Waals surface area contributed by atoms with Gasteiger partial charge >= 0.3 is 5.97 Å². The lowest BCUT2D eigenvalue weighted by Crippen LogP contribution is -2.26. The lowest BCUT2D eigenvalue weighted by Gasteiger charge is -2.11. The summed E-state index contributed by atoms with van der Waals surface area (Å²) in [6, 6.07) is 10.4. The van der Waals surface area contributed by atoms with Gasteiger partial charge in [-0.1, -0.05) is 17.3 Å². The van der Waals surface area contributed by atoms with Gasteiger partial charge in [-0.3, -0.25) is 4.79 Å². The van der Waals surface area contributed by atoms with Gasteiger partial charge in [-0.15, -0.1) is 5.10 Å². The maximum Gasteiger partial charge on any atom is 0.340 e. The van der Waals surface area contributed by atoms with Crippen molar-refractivity contribution in [2.24, 2.45) is 0 Å². The molecule has 0 N–H and O–H groups in total. The van der Waals surface area contributed by atoms with Crippen molar-refractivity contribution in [1.29, 1.82) is 0 Å². The van der Waals surface area contributed by atoms with Crippen molar-refractivity contribution in [2.45, 2.75) is 40.5 Å². The molecular formula is C24H22N6O4. The number of aryl methyl sites for hydroxylation is 2. The second-order valence-electron chi connectivity index (χ2n) is 8.27. The van der Waals surface area contributed by atoms with Crippen LogP contribution in [0.4, 0.5) is 0 Å². The van der Waals surface area contributed by atoms with E-state index in [-0.39, 0.29) is 18.3 Å². The molecule has 0 unspecified atom stereocenters. The monoisotopic (exact) mass is 458 g/mol. The summed E-state index contributed by atoms with van der Waals surface area (Å²) >= 11 is 0. The molecule has 0 saturated heterocycles. The number of ether oxygens (including phenoxy) is 1. The second-order valence-corrected chi connectivity index (χ2v) is 8.27. The molecule has 0 fully saturated rings. The number of furan rings is 1. The molecule has 10 heteroatoms. The number of nitrogens with zero attached hydrogens (tertiary/aromatic N) is 6. The van der Waals surface area contributed by atoms with Crippen LogP contribution in [-0.4, -0.2) is 35.7 Å². The number of carbonyl (C=O) groups excluding carboxylic acids is 1. The lowest BCUT2D eigenvalue weighted by atomic mass is 10.1. The molecule has 0 bridgehead atoms. The Morgan fingerprint density at radius 1 is 1.15 bits per heavy atom. The fraction of sp³-hybridized carbons (Fsp3) is 0.250. The van der Waals surface area contributed by atoms with Crippen molar-refractivity contribution in [3.05, 3.63) is 70.0 Å². The van der Waals surface area contributed by atoms with E-state index in [0.29, 0.717) is 33.4 Å². The molecule has 0 spiro atoms. The minimum Gasteiger partial charge on any atom is -0.466 e. The molecule has 0 aliphatic rings. The number of fused-ring (bicyclic) bond motifs is 2. The Kier molecular flexibility index (Phi) is 5.20. The Bertz CT molecular complexity index is 1610. The van der Waals surface area contributed by atoms with Crippen LogP contribution in [0.5, 0.6) is 0 Å². The van der Waals surface area contributed by atoms with Gasteiger partial charge in [-0.25, -0.2) is 14.5 Å². The summed E-state index contributed by atoms with van der Waals surface area (Å²) in [4.78, 5) is 30.6. The quantitative estimate of drug-likeness (QED) is 0.365. The van der Waals surface area contributed by atoms with Gasteiger partial charge in [0.05, 0.1) is 28.2 Å². The summed E-state index contributed by atoms with van der Waals surface area (Å²) in [5, 5.41) is 13.3. The molecule has 5 rings (SSSR count).